The quantitative estimate of drug-likeness (QED) is 0.876. The van der Waals surface area contributed by atoms with Crippen molar-refractivity contribution in [2.45, 2.75) is 32.9 Å². The molecule has 3 nitrogen and oxygen atoms in total. The topological polar surface area (TPSA) is 29.9 Å². The van der Waals surface area contributed by atoms with Crippen LogP contribution in [0.25, 0.3) is 0 Å². The van der Waals surface area contributed by atoms with Crippen molar-refractivity contribution >= 4 is 11.6 Å². The monoisotopic (exact) mass is 277 g/mol. The molecule has 0 aliphatic rings. The van der Waals surface area contributed by atoms with Crippen LogP contribution in [-0.2, 0) is 13.0 Å². The van der Waals surface area contributed by atoms with Crippen LogP contribution >= 0.6 is 11.6 Å². The Morgan fingerprint density at radius 2 is 2.05 bits per heavy atom. The average molecular weight is 278 g/mol. The standard InChI is InChI=1S/C15H20ClN3/c1-3-17-14(15-9-10-18-19(15)4-2)11-12-7-5-6-8-13(12)16/h5-10,14,17H,3-4,11H2,1-2H3. The van der Waals surface area contributed by atoms with E-state index in [0.717, 1.165) is 24.5 Å². The number of hydrogen-bond donors (Lipinski definition) is 1. The normalized spacial score (nSPS) is 12.6. The van der Waals surface area contributed by atoms with Gasteiger partial charge >= 0.3 is 0 Å². The fourth-order valence-corrected chi connectivity index (χ4v) is 2.53. The number of likely N-dealkylation sites (N-methyl/N-ethyl adjacent to an activating group) is 1. The van der Waals surface area contributed by atoms with Crippen LogP contribution in [0.3, 0.4) is 0 Å². The first-order valence-corrected chi connectivity index (χ1v) is 7.12. The summed E-state index contributed by atoms with van der Waals surface area (Å²) in [6, 6.07) is 10.3. The van der Waals surface area contributed by atoms with Gasteiger partial charge < -0.3 is 5.32 Å². The van der Waals surface area contributed by atoms with E-state index in [1.54, 1.807) is 0 Å². The molecule has 4 heteroatoms. The summed E-state index contributed by atoms with van der Waals surface area (Å²) in [5.41, 5.74) is 2.38. The zero-order chi connectivity index (χ0) is 13.7. The predicted molar refractivity (Wildman–Crippen MR) is 79.5 cm³/mol. The molecule has 1 atom stereocenters. The highest BCUT2D eigenvalue weighted by Gasteiger charge is 2.16. The molecule has 0 spiro atoms. The third kappa shape index (κ3) is 3.37. The number of aryl methyl sites for hydroxylation is 1. The molecule has 102 valence electrons. The SMILES string of the molecule is CCNC(Cc1ccccc1Cl)c1ccnn1CC. The summed E-state index contributed by atoms with van der Waals surface area (Å²) in [5, 5.41) is 8.69. The van der Waals surface area contributed by atoms with E-state index in [1.807, 2.05) is 29.1 Å². The maximum absolute atomic E-state index is 6.25. The molecule has 1 aromatic heterocycles. The molecule has 0 aliphatic carbocycles. The van der Waals surface area contributed by atoms with Crippen LogP contribution in [0, 0.1) is 0 Å². The first kappa shape index (κ1) is 14.1. The van der Waals surface area contributed by atoms with Crippen molar-refractivity contribution in [3.8, 4) is 0 Å². The van der Waals surface area contributed by atoms with Gasteiger partial charge in [-0.25, -0.2) is 0 Å². The van der Waals surface area contributed by atoms with E-state index in [0.29, 0.717) is 0 Å². The van der Waals surface area contributed by atoms with Crippen LogP contribution in [0.4, 0.5) is 0 Å². The first-order chi connectivity index (χ1) is 9.26. The molecule has 0 saturated heterocycles. The summed E-state index contributed by atoms with van der Waals surface area (Å²) >= 11 is 6.25. The van der Waals surface area contributed by atoms with Crippen LogP contribution in [-0.4, -0.2) is 16.3 Å². The molecule has 0 aliphatic heterocycles. The number of aromatic nitrogens is 2. The van der Waals surface area contributed by atoms with Crippen LogP contribution < -0.4 is 5.32 Å². The highest BCUT2D eigenvalue weighted by Crippen LogP contribution is 2.23. The first-order valence-electron chi connectivity index (χ1n) is 6.74. The lowest BCUT2D eigenvalue weighted by molar-refractivity contribution is 0.490. The van der Waals surface area contributed by atoms with Gasteiger partial charge in [-0.1, -0.05) is 36.7 Å². The maximum Gasteiger partial charge on any atom is 0.0556 e. The number of halogens is 1. The molecule has 1 aromatic carbocycles. The Labute approximate surface area is 119 Å². The van der Waals surface area contributed by atoms with Crippen molar-refractivity contribution in [2.75, 3.05) is 6.54 Å². The van der Waals surface area contributed by atoms with Crippen molar-refractivity contribution in [3.63, 3.8) is 0 Å². The number of rotatable bonds is 6. The molecular formula is C15H20ClN3. The van der Waals surface area contributed by atoms with Crippen LogP contribution in [0.15, 0.2) is 36.5 Å². The summed E-state index contributed by atoms with van der Waals surface area (Å²) in [6.45, 7) is 6.03. The van der Waals surface area contributed by atoms with E-state index >= 15 is 0 Å². The second-order valence-electron chi connectivity index (χ2n) is 4.48. The van der Waals surface area contributed by atoms with Gasteiger partial charge in [0.25, 0.3) is 0 Å². The maximum atomic E-state index is 6.25. The lowest BCUT2D eigenvalue weighted by Gasteiger charge is -2.19. The summed E-state index contributed by atoms with van der Waals surface area (Å²) < 4.78 is 2.03. The Kier molecular flexibility index (Phi) is 5.00. The molecule has 0 fully saturated rings. The molecule has 1 unspecified atom stereocenters. The van der Waals surface area contributed by atoms with Crippen LogP contribution in [0.5, 0.6) is 0 Å². The summed E-state index contributed by atoms with van der Waals surface area (Å²) in [7, 11) is 0. The molecular weight excluding hydrogens is 258 g/mol. The highest BCUT2D eigenvalue weighted by molar-refractivity contribution is 6.31. The number of nitrogens with zero attached hydrogens (tertiary/aromatic N) is 2. The van der Waals surface area contributed by atoms with Crippen molar-refractivity contribution < 1.29 is 0 Å². The van der Waals surface area contributed by atoms with Gasteiger partial charge in [-0.05, 0) is 37.6 Å². The van der Waals surface area contributed by atoms with E-state index in [4.69, 9.17) is 11.6 Å². The Bertz CT molecular complexity index is 522. The molecule has 2 rings (SSSR count). The molecule has 1 heterocycles. The fraction of sp³-hybridized carbons (Fsp3) is 0.400. The van der Waals surface area contributed by atoms with Crippen LogP contribution in [0.1, 0.15) is 31.1 Å². The van der Waals surface area contributed by atoms with Crippen molar-refractivity contribution in [1.29, 1.82) is 0 Å². The van der Waals surface area contributed by atoms with Crippen molar-refractivity contribution in [2.24, 2.45) is 0 Å². The molecule has 0 radical (unpaired) electrons. The van der Waals surface area contributed by atoms with Gasteiger partial charge in [-0.15, -0.1) is 0 Å². The van der Waals surface area contributed by atoms with Gasteiger partial charge in [0.15, 0.2) is 0 Å². The Balaban J connectivity index is 2.24. The van der Waals surface area contributed by atoms with Crippen molar-refractivity contribution in [1.82, 2.24) is 15.1 Å². The average Bonchev–Trinajstić information content (AvgIpc) is 2.89. The van der Waals surface area contributed by atoms with Gasteiger partial charge in [0.1, 0.15) is 0 Å². The molecule has 19 heavy (non-hydrogen) atoms. The Hall–Kier alpha value is -1.32. The van der Waals surface area contributed by atoms with Crippen molar-refractivity contribution in [3.05, 3.63) is 52.8 Å². The lowest BCUT2D eigenvalue weighted by atomic mass is 10.0. The number of nitrogens with one attached hydrogen (secondary N) is 1. The third-order valence-electron chi connectivity index (χ3n) is 3.24. The second kappa shape index (κ2) is 6.73. The molecule has 1 N–H and O–H groups in total. The van der Waals surface area contributed by atoms with E-state index in [-0.39, 0.29) is 6.04 Å². The fourth-order valence-electron chi connectivity index (χ4n) is 2.31. The lowest BCUT2D eigenvalue weighted by Crippen LogP contribution is -2.25. The van der Waals surface area contributed by atoms with Gasteiger partial charge in [-0.2, -0.15) is 5.10 Å². The second-order valence-corrected chi connectivity index (χ2v) is 4.88. The van der Waals surface area contributed by atoms with E-state index in [1.165, 1.54) is 11.3 Å². The minimum Gasteiger partial charge on any atom is -0.309 e. The molecule has 0 saturated carbocycles. The summed E-state index contributed by atoms with van der Waals surface area (Å²) in [4.78, 5) is 0. The molecule has 0 amide bonds. The van der Waals surface area contributed by atoms with Gasteiger partial charge in [0, 0.05) is 17.8 Å². The van der Waals surface area contributed by atoms with E-state index in [9.17, 15) is 0 Å². The largest absolute Gasteiger partial charge is 0.309 e. The molecule has 0 bridgehead atoms. The van der Waals surface area contributed by atoms with Gasteiger partial charge in [0.2, 0.25) is 0 Å². The minimum absolute atomic E-state index is 0.243. The highest BCUT2D eigenvalue weighted by atomic mass is 35.5. The van der Waals surface area contributed by atoms with Gasteiger partial charge in [-0.3, -0.25) is 4.68 Å². The van der Waals surface area contributed by atoms with Gasteiger partial charge in [0.05, 0.1) is 11.7 Å². The Morgan fingerprint density at radius 1 is 1.26 bits per heavy atom. The number of benzene rings is 1. The summed E-state index contributed by atoms with van der Waals surface area (Å²) in [5.74, 6) is 0. The smallest absolute Gasteiger partial charge is 0.0556 e. The number of hydrogen-bond acceptors (Lipinski definition) is 2. The summed E-state index contributed by atoms with van der Waals surface area (Å²) in [6.07, 6.45) is 2.73. The van der Waals surface area contributed by atoms with E-state index in [2.05, 4.69) is 36.4 Å². The molecule has 2 aromatic rings. The van der Waals surface area contributed by atoms with E-state index < -0.39 is 0 Å². The predicted octanol–water partition coefficient (Wildman–Crippen LogP) is 3.45. The minimum atomic E-state index is 0.243. The van der Waals surface area contributed by atoms with Crippen LogP contribution in [0.2, 0.25) is 5.02 Å². The Morgan fingerprint density at radius 3 is 2.74 bits per heavy atom. The zero-order valence-electron chi connectivity index (χ0n) is 11.4. The zero-order valence-corrected chi connectivity index (χ0v) is 12.2. The third-order valence-corrected chi connectivity index (χ3v) is 3.61.